The molecule has 1 fully saturated rings. The zero-order chi connectivity index (χ0) is 20.4. The Morgan fingerprint density at radius 1 is 1.34 bits per heavy atom. The summed E-state index contributed by atoms with van der Waals surface area (Å²) in [5, 5.41) is 7.97. The Morgan fingerprint density at radius 2 is 2.17 bits per heavy atom. The van der Waals surface area contributed by atoms with E-state index in [0.29, 0.717) is 29.6 Å². The third kappa shape index (κ3) is 3.94. The number of halogens is 1. The first-order chi connectivity index (χ1) is 14.1. The van der Waals surface area contributed by atoms with Gasteiger partial charge in [-0.05, 0) is 44.2 Å². The highest BCUT2D eigenvalue weighted by Crippen LogP contribution is 2.33. The van der Waals surface area contributed by atoms with E-state index < -0.39 is 0 Å². The molecule has 4 rings (SSSR count). The quantitative estimate of drug-likeness (QED) is 0.648. The molecule has 3 heterocycles. The van der Waals surface area contributed by atoms with Crippen molar-refractivity contribution >= 4 is 17.5 Å². The van der Waals surface area contributed by atoms with Crippen LogP contribution in [-0.4, -0.2) is 32.5 Å². The van der Waals surface area contributed by atoms with Crippen molar-refractivity contribution < 1.29 is 9.21 Å². The molecule has 29 heavy (non-hydrogen) atoms. The second kappa shape index (κ2) is 8.41. The molecular formula is C22H25ClN4O2. The van der Waals surface area contributed by atoms with Crippen molar-refractivity contribution in [2.45, 2.75) is 52.0 Å². The predicted octanol–water partition coefficient (Wildman–Crippen LogP) is 4.88. The zero-order valence-electron chi connectivity index (χ0n) is 16.7. The van der Waals surface area contributed by atoms with E-state index in [0.717, 1.165) is 48.3 Å². The third-order valence-electron chi connectivity index (χ3n) is 5.61. The van der Waals surface area contributed by atoms with Crippen LogP contribution in [0.3, 0.4) is 0 Å². The van der Waals surface area contributed by atoms with E-state index in [4.69, 9.17) is 16.0 Å². The van der Waals surface area contributed by atoms with Crippen LogP contribution in [0.5, 0.6) is 0 Å². The number of carbonyl (C=O) groups excluding carboxylic acids is 1. The van der Waals surface area contributed by atoms with Gasteiger partial charge in [-0.15, -0.1) is 0 Å². The van der Waals surface area contributed by atoms with Gasteiger partial charge in [0, 0.05) is 29.2 Å². The molecule has 0 bridgehead atoms. The summed E-state index contributed by atoms with van der Waals surface area (Å²) < 4.78 is 6.06. The molecule has 0 aliphatic carbocycles. The Kier molecular flexibility index (Phi) is 5.72. The van der Waals surface area contributed by atoms with Crippen LogP contribution < -0.4 is 0 Å². The molecule has 3 aromatic rings. The average Bonchev–Trinajstić information content (AvgIpc) is 3.35. The molecule has 1 aromatic carbocycles. The molecule has 1 aliphatic heterocycles. The Morgan fingerprint density at radius 3 is 2.93 bits per heavy atom. The summed E-state index contributed by atoms with van der Waals surface area (Å²) >= 11 is 6.27. The van der Waals surface area contributed by atoms with Gasteiger partial charge in [-0.25, -0.2) is 4.98 Å². The van der Waals surface area contributed by atoms with Gasteiger partial charge in [0.15, 0.2) is 5.69 Å². The van der Waals surface area contributed by atoms with Crippen molar-refractivity contribution in [2.24, 2.45) is 0 Å². The number of aromatic nitrogens is 3. The minimum absolute atomic E-state index is 0.0611. The molecule has 2 aromatic heterocycles. The number of hydrogen-bond acceptors (Lipinski definition) is 4. The summed E-state index contributed by atoms with van der Waals surface area (Å²) in [6.07, 6.45) is 5.98. The van der Waals surface area contributed by atoms with Crippen LogP contribution in [0.15, 0.2) is 34.9 Å². The number of piperidine rings is 1. The molecule has 0 radical (unpaired) electrons. The lowest BCUT2D eigenvalue weighted by molar-refractivity contribution is 0.0563. The number of amides is 1. The standard InChI is InChI=1S/C22H25ClN4O2/c1-3-18-14(2)20(26-25-18)22(28)27-11-7-6-10-19(27)21-24-13-16(29-21)12-15-8-4-5-9-17(15)23/h4-5,8-9,13,19H,3,6-7,10-12H2,1-2H3,(H,25,26)/t19-/m0/s1. The van der Waals surface area contributed by atoms with Gasteiger partial charge in [0.1, 0.15) is 11.8 Å². The first kappa shape index (κ1) is 19.7. The summed E-state index contributed by atoms with van der Waals surface area (Å²) in [7, 11) is 0. The van der Waals surface area contributed by atoms with Gasteiger partial charge in [0.2, 0.25) is 5.89 Å². The molecule has 1 N–H and O–H groups in total. The van der Waals surface area contributed by atoms with Crippen molar-refractivity contribution in [3.8, 4) is 0 Å². The lowest BCUT2D eigenvalue weighted by Gasteiger charge is -2.33. The predicted molar refractivity (Wildman–Crippen MR) is 111 cm³/mol. The molecule has 0 spiro atoms. The maximum absolute atomic E-state index is 13.2. The topological polar surface area (TPSA) is 75.0 Å². The van der Waals surface area contributed by atoms with E-state index in [-0.39, 0.29) is 11.9 Å². The normalized spacial score (nSPS) is 16.9. The van der Waals surface area contributed by atoms with Crippen LogP contribution in [0.25, 0.3) is 0 Å². The van der Waals surface area contributed by atoms with Crippen LogP contribution in [0.1, 0.15) is 71.2 Å². The third-order valence-corrected chi connectivity index (χ3v) is 5.98. The minimum Gasteiger partial charge on any atom is -0.443 e. The summed E-state index contributed by atoms with van der Waals surface area (Å²) in [5.41, 5.74) is 3.41. The average molecular weight is 413 g/mol. The number of hydrogen-bond donors (Lipinski definition) is 1. The van der Waals surface area contributed by atoms with Gasteiger partial charge in [0.25, 0.3) is 5.91 Å². The van der Waals surface area contributed by atoms with Crippen LogP contribution in [0.4, 0.5) is 0 Å². The molecule has 7 heteroatoms. The number of H-pyrrole nitrogens is 1. The van der Waals surface area contributed by atoms with E-state index in [2.05, 4.69) is 15.2 Å². The number of aromatic amines is 1. The fraction of sp³-hybridized carbons (Fsp3) is 0.409. The van der Waals surface area contributed by atoms with Gasteiger partial charge in [-0.3, -0.25) is 9.89 Å². The molecule has 152 valence electrons. The number of carbonyl (C=O) groups is 1. The van der Waals surface area contributed by atoms with Gasteiger partial charge < -0.3 is 9.32 Å². The number of nitrogens with one attached hydrogen (secondary N) is 1. The number of aryl methyl sites for hydroxylation is 1. The highest BCUT2D eigenvalue weighted by atomic mass is 35.5. The lowest BCUT2D eigenvalue weighted by Crippen LogP contribution is -2.39. The van der Waals surface area contributed by atoms with E-state index in [1.807, 2.05) is 43.0 Å². The minimum atomic E-state index is -0.169. The van der Waals surface area contributed by atoms with E-state index in [1.54, 1.807) is 6.20 Å². The smallest absolute Gasteiger partial charge is 0.275 e. The molecule has 1 amide bonds. The second-order valence-corrected chi connectivity index (χ2v) is 7.88. The number of nitrogens with zero attached hydrogens (tertiary/aromatic N) is 3. The van der Waals surface area contributed by atoms with Crippen LogP contribution in [0.2, 0.25) is 5.02 Å². The second-order valence-electron chi connectivity index (χ2n) is 7.47. The Balaban J connectivity index is 1.56. The monoisotopic (exact) mass is 412 g/mol. The Bertz CT molecular complexity index is 1010. The van der Waals surface area contributed by atoms with E-state index in [1.165, 1.54) is 0 Å². The summed E-state index contributed by atoms with van der Waals surface area (Å²) in [6.45, 7) is 4.67. The molecular weight excluding hydrogens is 388 g/mol. The fourth-order valence-electron chi connectivity index (χ4n) is 3.94. The summed E-state index contributed by atoms with van der Waals surface area (Å²) in [6, 6.07) is 7.54. The van der Waals surface area contributed by atoms with Gasteiger partial charge in [0.05, 0.1) is 6.20 Å². The Labute approximate surface area is 175 Å². The highest BCUT2D eigenvalue weighted by molar-refractivity contribution is 6.31. The summed E-state index contributed by atoms with van der Waals surface area (Å²) in [4.78, 5) is 19.6. The van der Waals surface area contributed by atoms with Crippen molar-refractivity contribution in [3.63, 3.8) is 0 Å². The van der Waals surface area contributed by atoms with Crippen molar-refractivity contribution in [2.75, 3.05) is 6.54 Å². The molecule has 0 saturated carbocycles. The molecule has 6 nitrogen and oxygen atoms in total. The number of rotatable bonds is 5. The van der Waals surface area contributed by atoms with Gasteiger partial charge in [-0.2, -0.15) is 5.10 Å². The van der Waals surface area contributed by atoms with E-state index >= 15 is 0 Å². The Hall–Kier alpha value is -2.60. The van der Waals surface area contributed by atoms with Crippen molar-refractivity contribution in [1.29, 1.82) is 0 Å². The SMILES string of the molecule is CCc1[nH]nc(C(=O)N2CCCC[C@H]2c2ncc(Cc3ccccc3Cl)o2)c1C. The van der Waals surface area contributed by atoms with Crippen LogP contribution in [0, 0.1) is 6.92 Å². The molecule has 0 unspecified atom stereocenters. The molecule has 1 saturated heterocycles. The fourth-order valence-corrected chi connectivity index (χ4v) is 4.14. The summed E-state index contributed by atoms with van der Waals surface area (Å²) in [5.74, 6) is 1.27. The zero-order valence-corrected chi connectivity index (χ0v) is 17.5. The lowest BCUT2D eigenvalue weighted by atomic mass is 10.0. The maximum atomic E-state index is 13.2. The van der Waals surface area contributed by atoms with E-state index in [9.17, 15) is 4.79 Å². The van der Waals surface area contributed by atoms with Gasteiger partial charge in [-0.1, -0.05) is 36.7 Å². The maximum Gasteiger partial charge on any atom is 0.275 e. The first-order valence-electron chi connectivity index (χ1n) is 10.1. The van der Waals surface area contributed by atoms with Crippen LogP contribution >= 0.6 is 11.6 Å². The van der Waals surface area contributed by atoms with Crippen molar-refractivity contribution in [1.82, 2.24) is 20.1 Å². The number of likely N-dealkylation sites (tertiary alicyclic amines) is 1. The highest BCUT2D eigenvalue weighted by Gasteiger charge is 2.34. The first-order valence-corrected chi connectivity index (χ1v) is 10.5. The number of oxazole rings is 1. The molecule has 1 atom stereocenters. The number of benzene rings is 1. The van der Waals surface area contributed by atoms with Gasteiger partial charge >= 0.3 is 0 Å². The molecule has 1 aliphatic rings. The largest absolute Gasteiger partial charge is 0.443 e. The van der Waals surface area contributed by atoms with Crippen molar-refractivity contribution in [3.05, 3.63) is 69.7 Å². The van der Waals surface area contributed by atoms with Crippen LogP contribution in [-0.2, 0) is 12.8 Å².